The van der Waals surface area contributed by atoms with Gasteiger partial charge in [0.1, 0.15) is 5.75 Å². The summed E-state index contributed by atoms with van der Waals surface area (Å²) in [5.41, 5.74) is 2.56. The SMILES string of the molecule is COc1ccccc1N(C)S(=O)(=O)c1ccc(C(=O)OCC(=O)NCc2ccc(C)cc2)cc1. The number of nitrogens with zero attached hydrogens (tertiary/aromatic N) is 1. The van der Waals surface area contributed by atoms with Crippen molar-refractivity contribution in [2.45, 2.75) is 18.4 Å². The smallest absolute Gasteiger partial charge is 0.338 e. The number of hydrogen-bond acceptors (Lipinski definition) is 6. The van der Waals surface area contributed by atoms with E-state index in [9.17, 15) is 18.0 Å². The topological polar surface area (TPSA) is 102 Å². The van der Waals surface area contributed by atoms with Crippen molar-refractivity contribution in [1.82, 2.24) is 5.32 Å². The van der Waals surface area contributed by atoms with Gasteiger partial charge >= 0.3 is 5.97 Å². The molecule has 0 aliphatic carbocycles. The Morgan fingerprint density at radius 2 is 1.59 bits per heavy atom. The van der Waals surface area contributed by atoms with Gasteiger partial charge in [0.25, 0.3) is 15.9 Å². The van der Waals surface area contributed by atoms with Crippen molar-refractivity contribution in [3.05, 3.63) is 89.5 Å². The zero-order valence-electron chi connectivity index (χ0n) is 19.1. The highest BCUT2D eigenvalue weighted by Gasteiger charge is 2.24. The van der Waals surface area contributed by atoms with Gasteiger partial charge in [-0.15, -0.1) is 0 Å². The van der Waals surface area contributed by atoms with Gasteiger partial charge in [0.05, 0.1) is 23.3 Å². The third-order valence-corrected chi connectivity index (χ3v) is 6.90. The first-order valence-electron chi connectivity index (χ1n) is 10.4. The summed E-state index contributed by atoms with van der Waals surface area (Å²) in [6.45, 7) is 1.85. The van der Waals surface area contributed by atoms with Crippen LogP contribution in [0.5, 0.6) is 5.75 Å². The average molecular weight is 483 g/mol. The summed E-state index contributed by atoms with van der Waals surface area (Å²) in [7, 11) is -1.01. The highest BCUT2D eigenvalue weighted by Crippen LogP contribution is 2.30. The van der Waals surface area contributed by atoms with Crippen LogP contribution in [0.25, 0.3) is 0 Å². The minimum atomic E-state index is -3.89. The zero-order chi connectivity index (χ0) is 24.7. The second-order valence-electron chi connectivity index (χ2n) is 7.51. The molecule has 0 unspecified atom stereocenters. The summed E-state index contributed by atoms with van der Waals surface area (Å²) in [5, 5.41) is 2.68. The van der Waals surface area contributed by atoms with Crippen LogP contribution >= 0.6 is 0 Å². The number of para-hydroxylation sites is 2. The van der Waals surface area contributed by atoms with Crippen molar-refractivity contribution in [2.75, 3.05) is 25.1 Å². The minimum Gasteiger partial charge on any atom is -0.495 e. The van der Waals surface area contributed by atoms with Crippen LogP contribution in [0.4, 0.5) is 5.69 Å². The Balaban J connectivity index is 1.59. The molecule has 0 heterocycles. The molecule has 0 saturated carbocycles. The van der Waals surface area contributed by atoms with Crippen LogP contribution in [-0.4, -0.2) is 41.1 Å². The Hall–Kier alpha value is -3.85. The fourth-order valence-electron chi connectivity index (χ4n) is 3.11. The van der Waals surface area contributed by atoms with Gasteiger partial charge in [0.15, 0.2) is 6.61 Å². The molecule has 0 aromatic heterocycles. The van der Waals surface area contributed by atoms with Gasteiger partial charge in [-0.25, -0.2) is 13.2 Å². The molecule has 34 heavy (non-hydrogen) atoms. The van der Waals surface area contributed by atoms with Gasteiger partial charge in [0.2, 0.25) is 0 Å². The molecule has 0 aliphatic heterocycles. The van der Waals surface area contributed by atoms with Crippen molar-refractivity contribution >= 4 is 27.6 Å². The molecule has 3 rings (SSSR count). The van der Waals surface area contributed by atoms with E-state index in [-0.39, 0.29) is 10.5 Å². The van der Waals surface area contributed by atoms with E-state index in [1.807, 2.05) is 31.2 Å². The fraction of sp³-hybridized carbons (Fsp3) is 0.200. The zero-order valence-corrected chi connectivity index (χ0v) is 20.0. The normalized spacial score (nSPS) is 10.9. The Kier molecular flexibility index (Phi) is 7.91. The van der Waals surface area contributed by atoms with Crippen LogP contribution in [-0.2, 0) is 26.1 Å². The molecular weight excluding hydrogens is 456 g/mol. The second-order valence-corrected chi connectivity index (χ2v) is 9.48. The van der Waals surface area contributed by atoms with Crippen molar-refractivity contribution in [2.24, 2.45) is 0 Å². The number of benzene rings is 3. The molecule has 9 heteroatoms. The highest BCUT2D eigenvalue weighted by molar-refractivity contribution is 7.92. The molecule has 1 amide bonds. The highest BCUT2D eigenvalue weighted by atomic mass is 32.2. The molecule has 8 nitrogen and oxygen atoms in total. The number of ether oxygens (including phenoxy) is 2. The monoisotopic (exact) mass is 482 g/mol. The molecule has 0 fully saturated rings. The third kappa shape index (κ3) is 5.93. The van der Waals surface area contributed by atoms with Crippen molar-refractivity contribution in [3.63, 3.8) is 0 Å². The molecule has 0 saturated heterocycles. The lowest BCUT2D eigenvalue weighted by Gasteiger charge is -2.21. The van der Waals surface area contributed by atoms with E-state index in [0.717, 1.165) is 15.4 Å². The van der Waals surface area contributed by atoms with Gasteiger partial charge in [-0.3, -0.25) is 9.10 Å². The molecule has 0 bridgehead atoms. The Morgan fingerprint density at radius 1 is 0.941 bits per heavy atom. The van der Waals surface area contributed by atoms with E-state index >= 15 is 0 Å². The molecular formula is C25H26N2O6S. The van der Waals surface area contributed by atoms with Crippen LogP contribution in [0, 0.1) is 6.92 Å². The number of carbonyl (C=O) groups is 2. The summed E-state index contributed by atoms with van der Waals surface area (Å²) < 4.78 is 37.4. The lowest BCUT2D eigenvalue weighted by atomic mass is 10.1. The second kappa shape index (κ2) is 10.8. The molecule has 0 radical (unpaired) electrons. The van der Waals surface area contributed by atoms with Gasteiger partial charge in [0, 0.05) is 13.6 Å². The van der Waals surface area contributed by atoms with Crippen molar-refractivity contribution in [3.8, 4) is 5.75 Å². The Bertz CT molecular complexity index is 1260. The molecule has 178 valence electrons. The number of methoxy groups -OCH3 is 1. The quantitative estimate of drug-likeness (QED) is 0.470. The number of rotatable bonds is 9. The van der Waals surface area contributed by atoms with Crippen LogP contribution in [0.2, 0.25) is 0 Å². The molecule has 0 spiro atoms. The van der Waals surface area contributed by atoms with E-state index < -0.39 is 28.5 Å². The summed E-state index contributed by atoms with van der Waals surface area (Å²) in [5.74, 6) is -0.756. The van der Waals surface area contributed by atoms with E-state index in [2.05, 4.69) is 5.32 Å². The average Bonchev–Trinajstić information content (AvgIpc) is 2.86. The van der Waals surface area contributed by atoms with Crippen molar-refractivity contribution in [1.29, 1.82) is 0 Å². The number of aryl methyl sites for hydroxylation is 1. The first-order valence-corrected chi connectivity index (χ1v) is 11.9. The third-order valence-electron chi connectivity index (χ3n) is 5.12. The molecule has 3 aromatic carbocycles. The van der Waals surface area contributed by atoms with Crippen LogP contribution in [0.15, 0.2) is 77.7 Å². The number of esters is 1. The largest absolute Gasteiger partial charge is 0.495 e. The van der Waals surface area contributed by atoms with E-state index in [1.54, 1.807) is 24.3 Å². The maximum atomic E-state index is 13.0. The number of carbonyl (C=O) groups excluding carboxylic acids is 2. The lowest BCUT2D eigenvalue weighted by Crippen LogP contribution is -2.28. The summed E-state index contributed by atoms with van der Waals surface area (Å²) >= 11 is 0. The first-order chi connectivity index (χ1) is 16.2. The van der Waals surface area contributed by atoms with Crippen LogP contribution < -0.4 is 14.4 Å². The molecule has 1 N–H and O–H groups in total. The number of nitrogens with one attached hydrogen (secondary N) is 1. The lowest BCUT2D eigenvalue weighted by molar-refractivity contribution is -0.124. The van der Waals surface area contributed by atoms with Gasteiger partial charge < -0.3 is 14.8 Å². The predicted molar refractivity (Wildman–Crippen MR) is 128 cm³/mol. The number of sulfonamides is 1. The van der Waals surface area contributed by atoms with Crippen LogP contribution in [0.1, 0.15) is 21.5 Å². The molecule has 0 atom stereocenters. The molecule has 3 aromatic rings. The minimum absolute atomic E-state index is 0.00621. The summed E-state index contributed by atoms with van der Waals surface area (Å²) in [6, 6.07) is 19.8. The number of hydrogen-bond donors (Lipinski definition) is 1. The standard InChI is InChI=1S/C25H26N2O6S/c1-18-8-10-19(11-9-18)16-26-24(28)17-33-25(29)20-12-14-21(15-13-20)34(30,31)27(2)22-6-4-5-7-23(22)32-3/h4-15H,16-17H2,1-3H3,(H,26,28). The summed E-state index contributed by atoms with van der Waals surface area (Å²) in [6.07, 6.45) is 0. The first kappa shape index (κ1) is 24.8. The maximum Gasteiger partial charge on any atom is 0.338 e. The van der Waals surface area contributed by atoms with E-state index in [4.69, 9.17) is 9.47 Å². The van der Waals surface area contributed by atoms with Gasteiger partial charge in [-0.1, -0.05) is 42.0 Å². The van der Waals surface area contributed by atoms with E-state index in [0.29, 0.717) is 18.0 Å². The Labute approximate surface area is 199 Å². The van der Waals surface area contributed by atoms with Crippen molar-refractivity contribution < 1.29 is 27.5 Å². The van der Waals surface area contributed by atoms with E-state index in [1.165, 1.54) is 38.4 Å². The van der Waals surface area contributed by atoms with Gasteiger partial charge in [-0.05, 0) is 48.9 Å². The number of amides is 1. The van der Waals surface area contributed by atoms with Gasteiger partial charge in [-0.2, -0.15) is 0 Å². The Morgan fingerprint density at radius 3 is 2.24 bits per heavy atom. The predicted octanol–water partition coefficient (Wildman–Crippen LogP) is 3.30. The molecule has 0 aliphatic rings. The fourth-order valence-corrected chi connectivity index (χ4v) is 4.32. The summed E-state index contributed by atoms with van der Waals surface area (Å²) in [4.78, 5) is 24.3. The maximum absolute atomic E-state index is 13.0. The van der Waals surface area contributed by atoms with Crippen LogP contribution in [0.3, 0.4) is 0 Å². The number of anilines is 1.